The van der Waals surface area contributed by atoms with Gasteiger partial charge in [0.25, 0.3) is 5.91 Å². The molecule has 0 unspecified atom stereocenters. The van der Waals surface area contributed by atoms with E-state index in [1.807, 2.05) is 17.9 Å². The minimum atomic E-state index is -0.388. The van der Waals surface area contributed by atoms with E-state index in [0.29, 0.717) is 25.2 Å². The summed E-state index contributed by atoms with van der Waals surface area (Å²) in [4.78, 5) is 26.6. The first kappa shape index (κ1) is 21.9. The number of rotatable bonds is 5. The van der Waals surface area contributed by atoms with Gasteiger partial charge in [0.05, 0.1) is 0 Å². The van der Waals surface area contributed by atoms with E-state index in [2.05, 4.69) is 36.1 Å². The highest BCUT2D eigenvalue weighted by molar-refractivity contribution is 5.94. The monoisotopic (exact) mass is 432 g/mol. The lowest BCUT2D eigenvalue weighted by Gasteiger charge is -2.26. The fraction of sp³-hybridized carbons (Fsp3) is 0.346. The van der Waals surface area contributed by atoms with Crippen molar-refractivity contribution in [1.29, 1.82) is 0 Å². The van der Waals surface area contributed by atoms with Crippen molar-refractivity contribution in [2.24, 2.45) is 0 Å². The molecule has 166 valence electrons. The summed E-state index contributed by atoms with van der Waals surface area (Å²) in [7, 11) is 0. The number of anilines is 1. The first-order valence-corrected chi connectivity index (χ1v) is 11.2. The van der Waals surface area contributed by atoms with Gasteiger partial charge in [-0.3, -0.25) is 4.79 Å². The predicted octanol–water partition coefficient (Wildman–Crippen LogP) is 4.43. The smallest absolute Gasteiger partial charge is 0.254 e. The zero-order chi connectivity index (χ0) is 22.5. The van der Waals surface area contributed by atoms with Crippen LogP contribution >= 0.6 is 0 Å². The minimum Gasteiger partial charge on any atom is -0.354 e. The lowest BCUT2D eigenvalue weighted by Crippen LogP contribution is -2.36. The van der Waals surface area contributed by atoms with Gasteiger partial charge in [-0.15, -0.1) is 0 Å². The normalized spacial score (nSPS) is 14.3. The molecule has 0 aliphatic carbocycles. The van der Waals surface area contributed by atoms with E-state index in [4.69, 9.17) is 9.97 Å². The third-order valence-electron chi connectivity index (χ3n) is 5.90. The summed E-state index contributed by atoms with van der Waals surface area (Å²) < 4.78 is 13.6. The van der Waals surface area contributed by atoms with Crippen molar-refractivity contribution < 1.29 is 9.18 Å². The van der Waals surface area contributed by atoms with Gasteiger partial charge in [-0.05, 0) is 43.5 Å². The number of carbonyl (C=O) groups excluding carboxylic acids is 1. The second-order valence-corrected chi connectivity index (χ2v) is 8.18. The second kappa shape index (κ2) is 9.90. The van der Waals surface area contributed by atoms with E-state index in [-0.39, 0.29) is 11.7 Å². The van der Waals surface area contributed by atoms with Crippen LogP contribution in [0, 0.1) is 12.7 Å². The summed E-state index contributed by atoms with van der Waals surface area (Å²) in [5, 5.41) is 0. The molecule has 0 saturated carbocycles. The van der Waals surface area contributed by atoms with E-state index >= 15 is 0 Å². The van der Waals surface area contributed by atoms with Gasteiger partial charge in [0.1, 0.15) is 17.5 Å². The van der Waals surface area contributed by atoms with Crippen LogP contribution in [-0.4, -0.2) is 47.0 Å². The minimum absolute atomic E-state index is 0.121. The van der Waals surface area contributed by atoms with Gasteiger partial charge >= 0.3 is 0 Å². The number of amides is 1. The van der Waals surface area contributed by atoms with Crippen molar-refractivity contribution in [3.8, 4) is 0 Å². The molecule has 3 aromatic rings. The topological polar surface area (TPSA) is 49.3 Å². The van der Waals surface area contributed by atoms with Crippen molar-refractivity contribution in [3.05, 3.63) is 88.6 Å². The Bertz CT molecular complexity index is 1090. The molecule has 1 aliphatic heterocycles. The summed E-state index contributed by atoms with van der Waals surface area (Å²) in [6.07, 6.45) is 2.45. The highest BCUT2D eigenvalue weighted by atomic mass is 19.1. The van der Waals surface area contributed by atoms with Crippen LogP contribution in [0.4, 0.5) is 10.2 Å². The molecule has 2 aromatic carbocycles. The summed E-state index contributed by atoms with van der Waals surface area (Å²) in [6.45, 7) is 6.78. The summed E-state index contributed by atoms with van der Waals surface area (Å²) in [6, 6.07) is 16.3. The molecule has 2 heterocycles. The molecule has 0 atom stereocenters. The Morgan fingerprint density at radius 1 is 1.00 bits per heavy atom. The van der Waals surface area contributed by atoms with Crippen molar-refractivity contribution in [1.82, 2.24) is 14.9 Å². The maximum absolute atomic E-state index is 13.6. The largest absolute Gasteiger partial charge is 0.354 e. The van der Waals surface area contributed by atoms with Crippen molar-refractivity contribution in [2.75, 3.05) is 31.1 Å². The van der Waals surface area contributed by atoms with E-state index in [1.54, 1.807) is 12.1 Å². The first-order valence-electron chi connectivity index (χ1n) is 11.2. The SMILES string of the molecule is CCc1nc(C)nc(N2CCCN(C(=O)c3cccc(F)c3)CC2)c1Cc1ccccc1. The van der Waals surface area contributed by atoms with E-state index in [1.165, 1.54) is 17.7 Å². The molecule has 1 fully saturated rings. The highest BCUT2D eigenvalue weighted by Gasteiger charge is 2.24. The average molecular weight is 433 g/mol. The molecule has 1 aromatic heterocycles. The van der Waals surface area contributed by atoms with Gasteiger partial charge in [0.2, 0.25) is 0 Å². The molecule has 0 spiro atoms. The third-order valence-corrected chi connectivity index (χ3v) is 5.90. The van der Waals surface area contributed by atoms with Crippen LogP contribution in [0.1, 0.15) is 46.3 Å². The molecular weight excluding hydrogens is 403 g/mol. The van der Waals surface area contributed by atoms with Crippen molar-refractivity contribution in [3.63, 3.8) is 0 Å². The van der Waals surface area contributed by atoms with Crippen LogP contribution in [0.5, 0.6) is 0 Å². The summed E-state index contributed by atoms with van der Waals surface area (Å²) in [5.41, 5.74) is 3.87. The Labute approximate surface area is 188 Å². The van der Waals surface area contributed by atoms with Gasteiger partial charge in [-0.25, -0.2) is 14.4 Å². The molecule has 1 aliphatic rings. The van der Waals surface area contributed by atoms with Gasteiger partial charge in [-0.2, -0.15) is 0 Å². The lowest BCUT2D eigenvalue weighted by molar-refractivity contribution is 0.0766. The Balaban J connectivity index is 1.58. The number of aromatic nitrogens is 2. The zero-order valence-corrected chi connectivity index (χ0v) is 18.7. The van der Waals surface area contributed by atoms with Crippen LogP contribution in [0.15, 0.2) is 54.6 Å². The molecule has 0 radical (unpaired) electrons. The van der Waals surface area contributed by atoms with Crippen LogP contribution in [0.3, 0.4) is 0 Å². The van der Waals surface area contributed by atoms with E-state index < -0.39 is 0 Å². The molecule has 32 heavy (non-hydrogen) atoms. The molecule has 1 saturated heterocycles. The number of hydrogen-bond donors (Lipinski definition) is 0. The molecule has 6 heteroatoms. The number of carbonyl (C=O) groups is 1. The number of nitrogens with zero attached hydrogens (tertiary/aromatic N) is 4. The molecule has 0 N–H and O–H groups in total. The Morgan fingerprint density at radius 2 is 1.81 bits per heavy atom. The molecular formula is C26H29FN4O. The van der Waals surface area contributed by atoms with Gasteiger partial charge < -0.3 is 9.80 Å². The molecule has 5 nitrogen and oxygen atoms in total. The van der Waals surface area contributed by atoms with Crippen LogP contribution in [0.25, 0.3) is 0 Å². The number of hydrogen-bond acceptors (Lipinski definition) is 4. The van der Waals surface area contributed by atoms with Gasteiger partial charge in [-0.1, -0.05) is 43.3 Å². The molecule has 1 amide bonds. The van der Waals surface area contributed by atoms with E-state index in [9.17, 15) is 9.18 Å². The third kappa shape index (κ3) is 4.96. The van der Waals surface area contributed by atoms with Crippen molar-refractivity contribution in [2.45, 2.75) is 33.1 Å². The first-order chi connectivity index (χ1) is 15.5. The van der Waals surface area contributed by atoms with Crippen LogP contribution in [-0.2, 0) is 12.8 Å². The lowest BCUT2D eigenvalue weighted by atomic mass is 10.0. The Morgan fingerprint density at radius 3 is 2.56 bits per heavy atom. The van der Waals surface area contributed by atoms with Crippen LogP contribution < -0.4 is 4.90 Å². The zero-order valence-electron chi connectivity index (χ0n) is 18.7. The predicted molar refractivity (Wildman–Crippen MR) is 125 cm³/mol. The van der Waals surface area contributed by atoms with E-state index in [0.717, 1.165) is 48.7 Å². The van der Waals surface area contributed by atoms with Crippen LogP contribution in [0.2, 0.25) is 0 Å². The summed E-state index contributed by atoms with van der Waals surface area (Å²) >= 11 is 0. The molecule has 0 bridgehead atoms. The second-order valence-electron chi connectivity index (χ2n) is 8.18. The Kier molecular flexibility index (Phi) is 6.78. The van der Waals surface area contributed by atoms with Crippen molar-refractivity contribution >= 4 is 11.7 Å². The van der Waals surface area contributed by atoms with Gasteiger partial charge in [0, 0.05) is 49.4 Å². The molecule has 4 rings (SSSR count). The number of halogens is 1. The fourth-order valence-electron chi connectivity index (χ4n) is 4.31. The maximum Gasteiger partial charge on any atom is 0.254 e. The Hall–Kier alpha value is -3.28. The number of aryl methyl sites for hydroxylation is 2. The average Bonchev–Trinajstić information content (AvgIpc) is 3.06. The highest BCUT2D eigenvalue weighted by Crippen LogP contribution is 2.26. The van der Waals surface area contributed by atoms with Gasteiger partial charge in [0.15, 0.2) is 0 Å². The number of benzene rings is 2. The fourth-order valence-corrected chi connectivity index (χ4v) is 4.31. The summed E-state index contributed by atoms with van der Waals surface area (Å²) in [5.74, 6) is 1.23. The standard InChI is InChI=1S/C26H29FN4O/c1-3-24-23(17-20-9-5-4-6-10-20)25(29-19(2)28-24)30-13-8-14-31(16-15-30)26(32)21-11-7-12-22(27)18-21/h4-7,9-12,18H,3,8,13-17H2,1-2H3. The maximum atomic E-state index is 13.6. The quantitative estimate of drug-likeness (QED) is 0.599.